The molecule has 0 spiro atoms. The Balaban J connectivity index is 2.85. The van der Waals surface area contributed by atoms with Crippen LogP contribution in [0.4, 0.5) is 0 Å². The molecule has 0 aromatic heterocycles. The van der Waals surface area contributed by atoms with Crippen LogP contribution in [0.5, 0.6) is 5.75 Å². The van der Waals surface area contributed by atoms with Gasteiger partial charge >= 0.3 is 5.97 Å². The van der Waals surface area contributed by atoms with Crippen LogP contribution in [-0.4, -0.2) is 40.7 Å². The second kappa shape index (κ2) is 11.7. The smallest absolute Gasteiger partial charge is 0.333 e. The first-order chi connectivity index (χ1) is 13.9. The normalized spacial score (nSPS) is 14.1. The Labute approximate surface area is 183 Å². The van der Waals surface area contributed by atoms with Crippen LogP contribution in [0.1, 0.15) is 46.6 Å². The number of ether oxygens (including phenoxy) is 3. The number of hydrogen-bond acceptors (Lipinski definition) is 5. The van der Waals surface area contributed by atoms with Gasteiger partial charge in [-0.1, -0.05) is 46.4 Å². The van der Waals surface area contributed by atoms with E-state index in [1.807, 2.05) is 24.3 Å². The Kier molecular flexibility index (Phi) is 10.3. The molecule has 6 heteroatoms. The maximum absolute atomic E-state index is 12.0. The van der Waals surface area contributed by atoms with E-state index in [0.717, 1.165) is 11.3 Å². The van der Waals surface area contributed by atoms with Crippen LogP contribution in [0.15, 0.2) is 36.4 Å². The first-order valence-corrected chi connectivity index (χ1v) is 13.6. The Morgan fingerprint density at radius 2 is 1.77 bits per heavy atom. The molecule has 5 nitrogen and oxygen atoms in total. The molecule has 0 saturated carbocycles. The molecule has 0 N–H and O–H groups in total. The maximum Gasteiger partial charge on any atom is 0.333 e. The highest BCUT2D eigenvalue weighted by Crippen LogP contribution is 2.37. The van der Waals surface area contributed by atoms with Gasteiger partial charge in [0, 0.05) is 5.57 Å². The van der Waals surface area contributed by atoms with Gasteiger partial charge in [0.25, 0.3) is 0 Å². The molecule has 2 atom stereocenters. The first-order valence-electron chi connectivity index (χ1n) is 10.6. The highest BCUT2D eigenvalue weighted by atomic mass is 28.4. The molecule has 0 saturated heterocycles. The van der Waals surface area contributed by atoms with Crippen molar-refractivity contribution in [2.45, 2.75) is 71.9 Å². The van der Waals surface area contributed by atoms with Crippen molar-refractivity contribution in [3.05, 3.63) is 42.0 Å². The maximum atomic E-state index is 12.0. The molecular weight excluding hydrogens is 396 g/mol. The van der Waals surface area contributed by atoms with E-state index in [-0.39, 0.29) is 23.0 Å². The Morgan fingerprint density at radius 1 is 1.17 bits per heavy atom. The van der Waals surface area contributed by atoms with Crippen LogP contribution in [0.25, 0.3) is 0 Å². The van der Waals surface area contributed by atoms with Crippen molar-refractivity contribution in [3.63, 3.8) is 0 Å². The second-order valence-corrected chi connectivity index (χ2v) is 14.1. The average molecular weight is 437 g/mol. The molecule has 30 heavy (non-hydrogen) atoms. The lowest BCUT2D eigenvalue weighted by Crippen LogP contribution is -2.44. The molecule has 0 radical (unpaired) electrons. The van der Waals surface area contributed by atoms with Crippen LogP contribution >= 0.6 is 0 Å². The van der Waals surface area contributed by atoms with Crippen LogP contribution in [0, 0.1) is 5.92 Å². The molecule has 1 rings (SSSR count). The Bertz CT molecular complexity index is 676. The van der Waals surface area contributed by atoms with Crippen LogP contribution < -0.4 is 4.74 Å². The van der Waals surface area contributed by atoms with Gasteiger partial charge in [0.1, 0.15) is 5.75 Å². The van der Waals surface area contributed by atoms with Gasteiger partial charge in [0.2, 0.25) is 0 Å². The zero-order chi connectivity index (χ0) is 22.9. The first kappa shape index (κ1) is 26.4. The highest BCUT2D eigenvalue weighted by Gasteiger charge is 2.38. The van der Waals surface area contributed by atoms with Gasteiger partial charge < -0.3 is 18.6 Å². The number of esters is 1. The van der Waals surface area contributed by atoms with Crippen molar-refractivity contribution in [1.82, 2.24) is 0 Å². The van der Waals surface area contributed by atoms with E-state index in [2.05, 4.69) is 47.4 Å². The van der Waals surface area contributed by atoms with E-state index >= 15 is 0 Å². The quantitative estimate of drug-likeness (QED) is 0.237. The summed E-state index contributed by atoms with van der Waals surface area (Å²) < 4.78 is 23.0. The minimum atomic E-state index is -1.92. The highest BCUT2D eigenvalue weighted by molar-refractivity contribution is 6.74. The van der Waals surface area contributed by atoms with E-state index < -0.39 is 8.32 Å². The minimum Gasteiger partial charge on any atom is -0.497 e. The average Bonchev–Trinajstić information content (AvgIpc) is 2.67. The second-order valence-electron chi connectivity index (χ2n) is 9.27. The van der Waals surface area contributed by atoms with Crippen LogP contribution in [0.3, 0.4) is 0 Å². The summed E-state index contributed by atoms with van der Waals surface area (Å²) in [6.07, 6.45) is 0.347. The van der Waals surface area contributed by atoms with Gasteiger partial charge in [0.05, 0.1) is 33.0 Å². The fraction of sp³-hybridized carbons (Fsp3) is 0.625. The number of hydrogen-bond donors (Lipinski definition) is 0. The summed E-state index contributed by atoms with van der Waals surface area (Å²) >= 11 is 0. The summed E-state index contributed by atoms with van der Waals surface area (Å²) in [7, 11) is -0.269. The molecule has 1 aromatic rings. The molecular formula is C24H40O5Si. The van der Waals surface area contributed by atoms with Crippen molar-refractivity contribution < 1.29 is 23.4 Å². The predicted octanol–water partition coefficient (Wildman–Crippen LogP) is 5.75. The predicted molar refractivity (Wildman–Crippen MR) is 124 cm³/mol. The lowest BCUT2D eigenvalue weighted by Gasteiger charge is -2.38. The van der Waals surface area contributed by atoms with Crippen LogP contribution in [-0.2, 0) is 25.3 Å². The monoisotopic (exact) mass is 436 g/mol. The third-order valence-corrected chi connectivity index (χ3v) is 10.3. The number of carbonyl (C=O) groups excluding carboxylic acids is 1. The molecule has 0 amide bonds. The zero-order valence-electron chi connectivity index (χ0n) is 20.0. The molecule has 0 fully saturated rings. The van der Waals surface area contributed by atoms with Crippen molar-refractivity contribution in [2.24, 2.45) is 5.92 Å². The summed E-state index contributed by atoms with van der Waals surface area (Å²) in [6.45, 7) is 20.2. The summed E-state index contributed by atoms with van der Waals surface area (Å²) in [6, 6.07) is 7.83. The Morgan fingerprint density at radius 3 is 2.27 bits per heavy atom. The summed E-state index contributed by atoms with van der Waals surface area (Å²) in [5, 5.41) is 0.116. The van der Waals surface area contributed by atoms with E-state index in [1.165, 1.54) is 0 Å². The lowest BCUT2D eigenvalue weighted by atomic mass is 9.96. The molecule has 1 aromatic carbocycles. The van der Waals surface area contributed by atoms with Crippen molar-refractivity contribution in [3.8, 4) is 5.75 Å². The molecule has 0 unspecified atom stereocenters. The summed E-state index contributed by atoms with van der Waals surface area (Å²) in [4.78, 5) is 12.0. The third-order valence-electron chi connectivity index (χ3n) is 5.80. The SMILES string of the molecule is C=C(C[C@H](C)[C@@H](CO[Si](C)(C)C(C)(C)C)OCc1ccc(OC)cc1)C(=O)OCC. The third kappa shape index (κ3) is 8.24. The van der Waals surface area contributed by atoms with Gasteiger partial charge in [-0.2, -0.15) is 0 Å². The fourth-order valence-electron chi connectivity index (χ4n) is 2.65. The van der Waals surface area contributed by atoms with E-state index in [0.29, 0.717) is 31.8 Å². The number of carbonyl (C=O) groups is 1. The van der Waals surface area contributed by atoms with Gasteiger partial charge in [0.15, 0.2) is 8.32 Å². The van der Waals surface area contributed by atoms with Crippen molar-refractivity contribution in [2.75, 3.05) is 20.3 Å². The number of benzene rings is 1. The van der Waals surface area contributed by atoms with Crippen LogP contribution in [0.2, 0.25) is 18.1 Å². The standard InChI is InChI=1S/C24H40O5Si/c1-10-27-23(25)19(3)15-18(2)22(17-29-30(8,9)24(4,5)6)28-16-20-11-13-21(26-7)14-12-20/h11-14,18,22H,3,10,15-17H2,1-2,4-9H3/t18-,22+/m0/s1. The van der Waals surface area contributed by atoms with Crippen molar-refractivity contribution in [1.29, 1.82) is 0 Å². The number of methoxy groups -OCH3 is 1. The topological polar surface area (TPSA) is 54.0 Å². The summed E-state index contributed by atoms with van der Waals surface area (Å²) in [5.41, 5.74) is 1.53. The molecule has 170 valence electrons. The minimum absolute atomic E-state index is 0.0601. The van der Waals surface area contributed by atoms with E-state index in [9.17, 15) is 4.79 Å². The number of rotatable bonds is 12. The van der Waals surface area contributed by atoms with E-state index in [1.54, 1.807) is 14.0 Å². The van der Waals surface area contributed by atoms with Gasteiger partial charge in [-0.25, -0.2) is 4.79 Å². The molecule has 0 aliphatic heterocycles. The van der Waals surface area contributed by atoms with Gasteiger partial charge in [-0.3, -0.25) is 0 Å². The van der Waals surface area contributed by atoms with Gasteiger partial charge in [-0.15, -0.1) is 0 Å². The fourth-order valence-corrected chi connectivity index (χ4v) is 3.66. The van der Waals surface area contributed by atoms with Gasteiger partial charge in [-0.05, 0) is 55.1 Å². The molecule has 0 aliphatic carbocycles. The zero-order valence-corrected chi connectivity index (χ0v) is 21.0. The molecule has 0 bridgehead atoms. The van der Waals surface area contributed by atoms with E-state index in [4.69, 9.17) is 18.6 Å². The van der Waals surface area contributed by atoms with Crippen molar-refractivity contribution >= 4 is 14.3 Å². The molecule has 0 aliphatic rings. The molecule has 0 heterocycles. The summed E-state index contributed by atoms with van der Waals surface area (Å²) in [5.74, 6) is 0.532. The largest absolute Gasteiger partial charge is 0.497 e. The lowest BCUT2D eigenvalue weighted by molar-refractivity contribution is -0.138. The Hall–Kier alpha value is -1.63.